The summed E-state index contributed by atoms with van der Waals surface area (Å²) in [6.45, 7) is 3.94. The number of nitrogens with one attached hydrogen (secondary N) is 1. The van der Waals surface area contributed by atoms with Crippen LogP contribution < -0.4 is 5.73 Å². The van der Waals surface area contributed by atoms with Crippen LogP contribution in [0.2, 0.25) is 0 Å². The van der Waals surface area contributed by atoms with Gasteiger partial charge in [0.2, 0.25) is 0 Å². The van der Waals surface area contributed by atoms with Crippen molar-refractivity contribution in [2.24, 2.45) is 5.92 Å². The molecule has 4 nitrogen and oxygen atoms in total. The summed E-state index contributed by atoms with van der Waals surface area (Å²) in [7, 11) is 0. The van der Waals surface area contributed by atoms with E-state index >= 15 is 0 Å². The first-order chi connectivity index (χ1) is 7.70. The number of anilines is 1. The quantitative estimate of drug-likeness (QED) is 0.800. The summed E-state index contributed by atoms with van der Waals surface area (Å²) in [4.78, 5) is 17.0. The number of hydrogen-bond donors (Lipinski definition) is 2. The highest BCUT2D eigenvalue weighted by molar-refractivity contribution is 5.93. The first-order valence-corrected chi connectivity index (χ1v) is 5.94. The van der Waals surface area contributed by atoms with Gasteiger partial charge in [-0.05, 0) is 24.8 Å². The zero-order valence-electron chi connectivity index (χ0n) is 9.70. The Labute approximate surface area is 95.8 Å². The van der Waals surface area contributed by atoms with E-state index in [9.17, 15) is 4.79 Å². The lowest BCUT2D eigenvalue weighted by Crippen LogP contribution is -2.39. The molecule has 2 heterocycles. The summed E-state index contributed by atoms with van der Waals surface area (Å²) < 4.78 is 0. The van der Waals surface area contributed by atoms with Gasteiger partial charge in [-0.25, -0.2) is 0 Å². The van der Waals surface area contributed by atoms with Crippen molar-refractivity contribution < 1.29 is 4.79 Å². The number of amides is 1. The van der Waals surface area contributed by atoms with E-state index in [2.05, 4.69) is 11.9 Å². The Morgan fingerprint density at radius 2 is 2.50 bits per heavy atom. The van der Waals surface area contributed by atoms with E-state index in [1.54, 1.807) is 12.3 Å². The number of nitrogens with two attached hydrogens (primary N) is 1. The normalized spacial score (nSPS) is 21.1. The Bertz CT molecular complexity index is 372. The number of likely N-dealkylation sites (tertiary alicyclic amines) is 1. The van der Waals surface area contributed by atoms with Crippen molar-refractivity contribution in [3.63, 3.8) is 0 Å². The van der Waals surface area contributed by atoms with Gasteiger partial charge in [-0.15, -0.1) is 0 Å². The summed E-state index contributed by atoms with van der Waals surface area (Å²) in [5.41, 5.74) is 6.82. The maximum atomic E-state index is 12.1. The molecule has 1 aliphatic rings. The van der Waals surface area contributed by atoms with Gasteiger partial charge < -0.3 is 15.6 Å². The van der Waals surface area contributed by atoms with Crippen LogP contribution in [-0.4, -0.2) is 28.9 Å². The highest BCUT2D eigenvalue weighted by Gasteiger charge is 2.23. The van der Waals surface area contributed by atoms with Crippen LogP contribution in [-0.2, 0) is 0 Å². The summed E-state index contributed by atoms with van der Waals surface area (Å²) in [6.07, 6.45) is 5.17. The Kier molecular flexibility index (Phi) is 3.17. The van der Waals surface area contributed by atoms with Crippen molar-refractivity contribution in [1.29, 1.82) is 0 Å². The van der Waals surface area contributed by atoms with Crippen LogP contribution in [0.25, 0.3) is 0 Å². The molecule has 1 unspecified atom stereocenters. The first kappa shape index (κ1) is 11.0. The van der Waals surface area contributed by atoms with Crippen LogP contribution in [0.4, 0.5) is 5.69 Å². The van der Waals surface area contributed by atoms with Crippen molar-refractivity contribution >= 4 is 11.6 Å². The molecular weight excluding hydrogens is 202 g/mol. The molecule has 0 saturated carbocycles. The molecule has 2 rings (SSSR count). The lowest BCUT2D eigenvalue weighted by atomic mass is 9.95. The highest BCUT2D eigenvalue weighted by Crippen LogP contribution is 2.20. The molecule has 1 aromatic rings. The molecule has 0 radical (unpaired) electrons. The molecule has 3 N–H and O–H groups in total. The fourth-order valence-electron chi connectivity index (χ4n) is 2.29. The zero-order valence-corrected chi connectivity index (χ0v) is 9.70. The largest absolute Gasteiger partial charge is 0.397 e. The third kappa shape index (κ3) is 2.21. The molecule has 1 amide bonds. The molecule has 0 aromatic carbocycles. The molecule has 1 atom stereocenters. The van der Waals surface area contributed by atoms with Crippen LogP contribution >= 0.6 is 0 Å². The number of nitrogens with zero attached hydrogens (tertiary/aromatic N) is 1. The number of aromatic amines is 1. The minimum Gasteiger partial charge on any atom is -0.397 e. The van der Waals surface area contributed by atoms with Gasteiger partial charge in [-0.2, -0.15) is 0 Å². The maximum Gasteiger partial charge on any atom is 0.270 e. The Morgan fingerprint density at radius 1 is 1.69 bits per heavy atom. The molecule has 1 saturated heterocycles. The minimum absolute atomic E-state index is 0.0786. The predicted molar refractivity (Wildman–Crippen MR) is 64.1 cm³/mol. The van der Waals surface area contributed by atoms with Gasteiger partial charge >= 0.3 is 0 Å². The van der Waals surface area contributed by atoms with E-state index in [0.717, 1.165) is 25.9 Å². The molecule has 16 heavy (non-hydrogen) atoms. The molecule has 1 aliphatic heterocycles. The Balaban J connectivity index is 2.04. The summed E-state index contributed by atoms with van der Waals surface area (Å²) in [6, 6.07) is 1.71. The summed E-state index contributed by atoms with van der Waals surface area (Å²) in [5.74, 6) is 0.736. The van der Waals surface area contributed by atoms with Crippen LogP contribution in [0.1, 0.15) is 36.7 Å². The lowest BCUT2D eigenvalue weighted by Gasteiger charge is -2.32. The van der Waals surface area contributed by atoms with Crippen LogP contribution in [0.3, 0.4) is 0 Å². The molecule has 4 heteroatoms. The second kappa shape index (κ2) is 4.60. The summed E-state index contributed by atoms with van der Waals surface area (Å²) in [5, 5.41) is 0. The van der Waals surface area contributed by atoms with E-state index in [0.29, 0.717) is 17.3 Å². The number of H-pyrrole nitrogens is 1. The molecular formula is C12H19N3O. The van der Waals surface area contributed by atoms with Gasteiger partial charge in [0.05, 0.1) is 0 Å². The molecule has 1 fully saturated rings. The number of aromatic nitrogens is 1. The predicted octanol–water partition coefficient (Wildman–Crippen LogP) is 1.86. The third-order valence-electron chi connectivity index (χ3n) is 3.32. The average molecular weight is 221 g/mol. The minimum atomic E-state index is 0.0786. The van der Waals surface area contributed by atoms with Gasteiger partial charge in [0.1, 0.15) is 5.69 Å². The zero-order chi connectivity index (χ0) is 11.5. The molecule has 0 spiro atoms. The Morgan fingerprint density at radius 3 is 3.12 bits per heavy atom. The van der Waals surface area contributed by atoms with Crippen LogP contribution in [0.15, 0.2) is 12.3 Å². The number of piperidine rings is 1. The molecule has 0 bridgehead atoms. The fraction of sp³-hybridized carbons (Fsp3) is 0.583. The van der Waals surface area contributed by atoms with Gasteiger partial charge in [-0.3, -0.25) is 4.79 Å². The maximum absolute atomic E-state index is 12.1. The number of carbonyl (C=O) groups is 1. The lowest BCUT2D eigenvalue weighted by molar-refractivity contribution is 0.0666. The highest BCUT2D eigenvalue weighted by atomic mass is 16.2. The van der Waals surface area contributed by atoms with Crippen molar-refractivity contribution in [3.8, 4) is 0 Å². The average Bonchev–Trinajstić information content (AvgIpc) is 2.75. The second-order valence-corrected chi connectivity index (χ2v) is 4.51. The van der Waals surface area contributed by atoms with E-state index in [1.165, 1.54) is 6.42 Å². The third-order valence-corrected chi connectivity index (χ3v) is 3.32. The number of carbonyl (C=O) groups excluding carboxylic acids is 1. The smallest absolute Gasteiger partial charge is 0.270 e. The summed E-state index contributed by atoms with van der Waals surface area (Å²) >= 11 is 0. The van der Waals surface area contributed by atoms with Crippen LogP contribution in [0, 0.1) is 5.92 Å². The van der Waals surface area contributed by atoms with Crippen molar-refractivity contribution in [2.45, 2.75) is 26.2 Å². The van der Waals surface area contributed by atoms with Gasteiger partial charge in [0.25, 0.3) is 5.91 Å². The van der Waals surface area contributed by atoms with Gasteiger partial charge in [0.15, 0.2) is 0 Å². The number of hydrogen-bond acceptors (Lipinski definition) is 2. The second-order valence-electron chi connectivity index (χ2n) is 4.51. The van der Waals surface area contributed by atoms with E-state index in [4.69, 9.17) is 5.73 Å². The van der Waals surface area contributed by atoms with E-state index in [1.807, 2.05) is 4.90 Å². The number of nitrogen functional groups attached to an aromatic ring is 1. The monoisotopic (exact) mass is 221 g/mol. The first-order valence-electron chi connectivity index (χ1n) is 5.94. The standard InChI is InChI=1S/C12H19N3O/c1-2-9-4-3-5-15(8-9)12(16)11-6-10(13)7-14-11/h6-7,9,14H,2-5,8,13H2,1H3. The van der Waals surface area contributed by atoms with Gasteiger partial charge in [0, 0.05) is 25.0 Å². The molecule has 88 valence electrons. The number of rotatable bonds is 2. The SMILES string of the molecule is CCC1CCCN(C(=O)c2cc(N)c[nH]2)C1. The van der Waals surface area contributed by atoms with E-state index in [-0.39, 0.29) is 5.91 Å². The fourth-order valence-corrected chi connectivity index (χ4v) is 2.29. The van der Waals surface area contributed by atoms with Crippen molar-refractivity contribution in [3.05, 3.63) is 18.0 Å². The van der Waals surface area contributed by atoms with Gasteiger partial charge in [-0.1, -0.05) is 13.3 Å². The molecule has 1 aromatic heterocycles. The molecule has 0 aliphatic carbocycles. The Hall–Kier alpha value is -1.45. The van der Waals surface area contributed by atoms with E-state index < -0.39 is 0 Å². The van der Waals surface area contributed by atoms with Crippen LogP contribution in [0.5, 0.6) is 0 Å². The topological polar surface area (TPSA) is 62.1 Å². The van der Waals surface area contributed by atoms with Crippen molar-refractivity contribution in [2.75, 3.05) is 18.8 Å². The van der Waals surface area contributed by atoms with Crippen molar-refractivity contribution in [1.82, 2.24) is 9.88 Å².